The van der Waals surface area contributed by atoms with E-state index in [0.29, 0.717) is 18.3 Å². The van der Waals surface area contributed by atoms with E-state index in [-0.39, 0.29) is 5.91 Å². The summed E-state index contributed by atoms with van der Waals surface area (Å²) < 4.78 is 1.83. The van der Waals surface area contributed by atoms with Crippen LogP contribution in [0.4, 0.5) is 0 Å². The van der Waals surface area contributed by atoms with Crippen molar-refractivity contribution in [1.82, 2.24) is 25.6 Å². The molecular formula is C18H25N5O. The van der Waals surface area contributed by atoms with Gasteiger partial charge >= 0.3 is 0 Å². The summed E-state index contributed by atoms with van der Waals surface area (Å²) in [6, 6.07) is 8.87. The van der Waals surface area contributed by atoms with Crippen molar-refractivity contribution in [3.8, 4) is 0 Å². The first kappa shape index (κ1) is 16.6. The molecule has 128 valence electrons. The zero-order valence-corrected chi connectivity index (χ0v) is 14.2. The molecule has 3 rings (SSSR count). The summed E-state index contributed by atoms with van der Waals surface area (Å²) in [4.78, 5) is 12.2. The molecule has 2 heterocycles. The Balaban J connectivity index is 1.48. The molecule has 0 bridgehead atoms. The summed E-state index contributed by atoms with van der Waals surface area (Å²) in [6.07, 6.45) is 5.68. The summed E-state index contributed by atoms with van der Waals surface area (Å²) in [5.41, 5.74) is 2.96. The zero-order chi connectivity index (χ0) is 16.8. The minimum Gasteiger partial charge on any atom is -0.350 e. The Morgan fingerprint density at radius 1 is 1.25 bits per heavy atom. The van der Waals surface area contributed by atoms with E-state index in [9.17, 15) is 4.79 Å². The van der Waals surface area contributed by atoms with Crippen LogP contribution in [0.1, 0.15) is 47.4 Å². The van der Waals surface area contributed by atoms with Crippen LogP contribution in [0.5, 0.6) is 0 Å². The number of hydrogen-bond acceptors (Lipinski definition) is 4. The maximum atomic E-state index is 12.2. The van der Waals surface area contributed by atoms with E-state index in [1.54, 1.807) is 6.20 Å². The monoisotopic (exact) mass is 327 g/mol. The van der Waals surface area contributed by atoms with Gasteiger partial charge in [-0.2, -0.15) is 0 Å². The van der Waals surface area contributed by atoms with Gasteiger partial charge in [-0.1, -0.05) is 36.4 Å². The van der Waals surface area contributed by atoms with E-state index >= 15 is 0 Å². The van der Waals surface area contributed by atoms with Crippen molar-refractivity contribution < 1.29 is 4.79 Å². The van der Waals surface area contributed by atoms with Crippen molar-refractivity contribution in [2.75, 3.05) is 19.6 Å². The van der Waals surface area contributed by atoms with Crippen LogP contribution in [-0.2, 0) is 12.8 Å². The first-order valence-electron chi connectivity index (χ1n) is 8.75. The normalized spacial score (nSPS) is 15.4. The maximum Gasteiger partial charge on any atom is 0.273 e. The molecular weight excluding hydrogens is 302 g/mol. The van der Waals surface area contributed by atoms with Crippen LogP contribution in [0, 0.1) is 0 Å². The van der Waals surface area contributed by atoms with Crippen molar-refractivity contribution in [2.45, 2.75) is 38.6 Å². The molecule has 1 aliphatic rings. The van der Waals surface area contributed by atoms with Crippen molar-refractivity contribution in [3.63, 3.8) is 0 Å². The molecule has 2 N–H and O–H groups in total. The highest BCUT2D eigenvalue weighted by Crippen LogP contribution is 2.17. The summed E-state index contributed by atoms with van der Waals surface area (Å²) in [5, 5.41) is 14.4. The Morgan fingerprint density at radius 2 is 1.96 bits per heavy atom. The minimum atomic E-state index is -0.152. The van der Waals surface area contributed by atoms with Crippen LogP contribution in [-0.4, -0.2) is 40.5 Å². The Hall–Kier alpha value is -2.21. The van der Waals surface area contributed by atoms with Gasteiger partial charge in [0.2, 0.25) is 0 Å². The molecule has 1 aromatic carbocycles. The first-order valence-corrected chi connectivity index (χ1v) is 8.75. The van der Waals surface area contributed by atoms with E-state index < -0.39 is 0 Å². The predicted octanol–water partition coefficient (Wildman–Crippen LogP) is 1.74. The highest BCUT2D eigenvalue weighted by atomic mass is 16.2. The van der Waals surface area contributed by atoms with Gasteiger partial charge in [-0.25, -0.2) is 4.68 Å². The van der Waals surface area contributed by atoms with Gasteiger partial charge in [-0.3, -0.25) is 4.79 Å². The second-order valence-corrected chi connectivity index (χ2v) is 6.24. The lowest BCUT2D eigenvalue weighted by atomic mass is 10.1. The molecule has 2 aromatic rings. The number of nitrogens with zero attached hydrogens (tertiary/aromatic N) is 3. The molecule has 1 amide bonds. The van der Waals surface area contributed by atoms with Gasteiger partial charge in [-0.05, 0) is 49.9 Å². The average molecular weight is 327 g/mol. The van der Waals surface area contributed by atoms with Gasteiger partial charge < -0.3 is 10.6 Å². The standard InChI is InChI=1S/C18H25N5O/c1-2-14-3-5-15(6-4-14)7-12-20-18(24)17-13-23(22-21-17)16-8-10-19-11-9-16/h3-6,13,16,19H,2,7-12H2,1H3,(H,20,24). The number of amides is 1. The number of nitrogens with one attached hydrogen (secondary N) is 2. The molecule has 0 radical (unpaired) electrons. The van der Waals surface area contributed by atoms with Crippen LogP contribution in [0.2, 0.25) is 0 Å². The van der Waals surface area contributed by atoms with Crippen LogP contribution < -0.4 is 10.6 Å². The molecule has 0 atom stereocenters. The molecule has 6 heteroatoms. The van der Waals surface area contributed by atoms with E-state index in [2.05, 4.69) is 52.1 Å². The van der Waals surface area contributed by atoms with Gasteiger partial charge in [0, 0.05) is 6.54 Å². The van der Waals surface area contributed by atoms with Crippen LogP contribution >= 0.6 is 0 Å². The Bertz CT molecular complexity index is 658. The summed E-state index contributed by atoms with van der Waals surface area (Å²) in [5.74, 6) is -0.152. The molecule has 0 unspecified atom stereocenters. The SMILES string of the molecule is CCc1ccc(CCNC(=O)c2cn(C3CCNCC3)nn2)cc1. The van der Waals surface area contributed by atoms with Crippen molar-refractivity contribution in [1.29, 1.82) is 0 Å². The fourth-order valence-corrected chi connectivity index (χ4v) is 2.98. The molecule has 24 heavy (non-hydrogen) atoms. The topological polar surface area (TPSA) is 71.8 Å². The zero-order valence-electron chi connectivity index (χ0n) is 14.2. The van der Waals surface area contributed by atoms with Gasteiger partial charge in [0.15, 0.2) is 5.69 Å². The molecule has 1 saturated heterocycles. The third kappa shape index (κ3) is 4.20. The van der Waals surface area contributed by atoms with Crippen LogP contribution in [0.3, 0.4) is 0 Å². The fraction of sp³-hybridized carbons (Fsp3) is 0.500. The lowest BCUT2D eigenvalue weighted by Crippen LogP contribution is -2.29. The Labute approximate surface area is 142 Å². The van der Waals surface area contributed by atoms with Crippen LogP contribution in [0.15, 0.2) is 30.5 Å². The smallest absolute Gasteiger partial charge is 0.273 e. The van der Waals surface area contributed by atoms with E-state index in [1.807, 2.05) is 4.68 Å². The first-order chi connectivity index (χ1) is 11.8. The van der Waals surface area contributed by atoms with Gasteiger partial charge in [0.1, 0.15) is 0 Å². The van der Waals surface area contributed by atoms with Crippen molar-refractivity contribution >= 4 is 5.91 Å². The largest absolute Gasteiger partial charge is 0.350 e. The summed E-state index contributed by atoms with van der Waals surface area (Å²) in [7, 11) is 0. The summed E-state index contributed by atoms with van der Waals surface area (Å²) in [6.45, 7) is 4.72. The average Bonchev–Trinajstić information content (AvgIpc) is 3.13. The molecule has 0 spiro atoms. The third-order valence-electron chi connectivity index (χ3n) is 4.56. The third-order valence-corrected chi connectivity index (χ3v) is 4.56. The maximum absolute atomic E-state index is 12.2. The van der Waals surface area contributed by atoms with E-state index in [0.717, 1.165) is 38.8 Å². The second-order valence-electron chi connectivity index (χ2n) is 6.24. The van der Waals surface area contributed by atoms with Gasteiger partial charge in [0.25, 0.3) is 5.91 Å². The molecule has 0 saturated carbocycles. The van der Waals surface area contributed by atoms with Crippen LogP contribution in [0.25, 0.3) is 0 Å². The highest BCUT2D eigenvalue weighted by Gasteiger charge is 2.18. The number of carbonyl (C=O) groups excluding carboxylic acids is 1. The second kappa shape index (κ2) is 8.06. The van der Waals surface area contributed by atoms with Gasteiger partial charge in [-0.15, -0.1) is 5.10 Å². The Kier molecular flexibility index (Phi) is 5.59. The van der Waals surface area contributed by atoms with Crippen molar-refractivity contribution in [3.05, 3.63) is 47.3 Å². The number of piperidine rings is 1. The Morgan fingerprint density at radius 3 is 2.67 bits per heavy atom. The molecule has 1 fully saturated rings. The van der Waals surface area contributed by atoms with Crippen molar-refractivity contribution in [2.24, 2.45) is 0 Å². The number of benzene rings is 1. The molecule has 6 nitrogen and oxygen atoms in total. The molecule has 0 aliphatic carbocycles. The quantitative estimate of drug-likeness (QED) is 0.848. The summed E-state index contributed by atoms with van der Waals surface area (Å²) >= 11 is 0. The fourth-order valence-electron chi connectivity index (χ4n) is 2.98. The lowest BCUT2D eigenvalue weighted by Gasteiger charge is -2.22. The van der Waals surface area contributed by atoms with Gasteiger partial charge in [0.05, 0.1) is 12.2 Å². The number of rotatable bonds is 6. The lowest BCUT2D eigenvalue weighted by molar-refractivity contribution is 0.0949. The number of aromatic nitrogens is 3. The highest BCUT2D eigenvalue weighted by molar-refractivity contribution is 5.91. The number of hydrogen-bond donors (Lipinski definition) is 2. The molecule has 1 aromatic heterocycles. The molecule has 1 aliphatic heterocycles. The number of aryl methyl sites for hydroxylation is 1. The predicted molar refractivity (Wildman–Crippen MR) is 93.0 cm³/mol. The minimum absolute atomic E-state index is 0.152. The van der Waals surface area contributed by atoms with E-state index in [4.69, 9.17) is 0 Å². The van der Waals surface area contributed by atoms with E-state index in [1.165, 1.54) is 11.1 Å². The number of carbonyl (C=O) groups is 1.